The lowest BCUT2D eigenvalue weighted by molar-refractivity contribution is 0.0991. The third-order valence-electron chi connectivity index (χ3n) is 6.31. The molecule has 196 valence electrons. The SMILES string of the molecule is COc1cnc2c(Oc3ccc(CC(=O)c4ccc(C)n(-c5ccc(F)cc5C)c4=O)cc3F)ccnc2c1. The number of halogens is 2. The Morgan fingerprint density at radius 2 is 1.77 bits per heavy atom. The minimum atomic E-state index is -0.679. The van der Waals surface area contributed by atoms with Crippen molar-refractivity contribution in [3.63, 3.8) is 0 Å². The summed E-state index contributed by atoms with van der Waals surface area (Å²) in [6.45, 7) is 3.41. The Morgan fingerprint density at radius 3 is 2.51 bits per heavy atom. The van der Waals surface area contributed by atoms with E-state index in [4.69, 9.17) is 9.47 Å². The van der Waals surface area contributed by atoms with Gasteiger partial charge in [0.2, 0.25) is 0 Å². The average molecular weight is 528 g/mol. The Labute approximate surface area is 222 Å². The van der Waals surface area contributed by atoms with Crippen LogP contribution >= 0.6 is 0 Å². The molecule has 0 fully saturated rings. The third-order valence-corrected chi connectivity index (χ3v) is 6.31. The van der Waals surface area contributed by atoms with Gasteiger partial charge in [-0.1, -0.05) is 6.07 Å². The molecule has 0 unspecified atom stereocenters. The van der Waals surface area contributed by atoms with Gasteiger partial charge < -0.3 is 9.47 Å². The van der Waals surface area contributed by atoms with E-state index in [2.05, 4.69) is 9.97 Å². The molecule has 0 aliphatic rings. The highest BCUT2D eigenvalue weighted by Crippen LogP contribution is 2.31. The molecule has 0 saturated carbocycles. The molecule has 39 heavy (non-hydrogen) atoms. The van der Waals surface area contributed by atoms with Crippen molar-refractivity contribution in [2.24, 2.45) is 0 Å². The molecule has 2 aromatic carbocycles. The zero-order valence-electron chi connectivity index (χ0n) is 21.4. The molecular formula is C30H23F2N3O4. The number of rotatable bonds is 7. The van der Waals surface area contributed by atoms with Gasteiger partial charge in [0.25, 0.3) is 5.56 Å². The first kappa shape index (κ1) is 25.7. The molecule has 0 N–H and O–H groups in total. The molecule has 0 bridgehead atoms. The van der Waals surface area contributed by atoms with Crippen molar-refractivity contribution in [2.75, 3.05) is 7.11 Å². The first-order valence-corrected chi connectivity index (χ1v) is 12.0. The highest BCUT2D eigenvalue weighted by atomic mass is 19.1. The number of ether oxygens (including phenoxy) is 2. The van der Waals surface area contributed by atoms with Crippen molar-refractivity contribution in [3.8, 4) is 22.9 Å². The van der Waals surface area contributed by atoms with E-state index in [0.29, 0.717) is 45.0 Å². The molecule has 0 radical (unpaired) electrons. The first-order valence-electron chi connectivity index (χ1n) is 12.0. The summed E-state index contributed by atoms with van der Waals surface area (Å²) in [6.07, 6.45) is 2.83. The smallest absolute Gasteiger partial charge is 0.266 e. The van der Waals surface area contributed by atoms with Crippen LogP contribution < -0.4 is 15.0 Å². The second-order valence-electron chi connectivity index (χ2n) is 8.98. The second kappa shape index (κ2) is 10.4. The van der Waals surface area contributed by atoms with Crippen molar-refractivity contribution in [2.45, 2.75) is 20.3 Å². The number of ketones is 1. The van der Waals surface area contributed by atoms with Gasteiger partial charge in [0.15, 0.2) is 23.1 Å². The fourth-order valence-electron chi connectivity index (χ4n) is 4.33. The van der Waals surface area contributed by atoms with Gasteiger partial charge in [-0.05, 0) is 67.4 Å². The number of carbonyl (C=O) groups is 1. The summed E-state index contributed by atoms with van der Waals surface area (Å²) in [5, 5.41) is 0. The Balaban J connectivity index is 1.40. The topological polar surface area (TPSA) is 83.3 Å². The highest BCUT2D eigenvalue weighted by molar-refractivity contribution is 5.97. The molecule has 0 saturated heterocycles. The number of carbonyl (C=O) groups excluding carboxylic acids is 1. The van der Waals surface area contributed by atoms with Crippen LogP contribution in [-0.2, 0) is 6.42 Å². The normalized spacial score (nSPS) is 11.0. The van der Waals surface area contributed by atoms with Crippen molar-refractivity contribution >= 4 is 16.8 Å². The number of fused-ring (bicyclic) bond motifs is 1. The van der Waals surface area contributed by atoms with Crippen LogP contribution in [0.4, 0.5) is 8.78 Å². The fourth-order valence-corrected chi connectivity index (χ4v) is 4.33. The quantitative estimate of drug-likeness (QED) is 0.245. The Bertz CT molecular complexity index is 1800. The maximum Gasteiger partial charge on any atom is 0.266 e. The summed E-state index contributed by atoms with van der Waals surface area (Å²) < 4.78 is 40.9. The van der Waals surface area contributed by atoms with Crippen LogP contribution in [0, 0.1) is 25.5 Å². The van der Waals surface area contributed by atoms with Crippen molar-refractivity contribution < 1.29 is 23.0 Å². The lowest BCUT2D eigenvalue weighted by Gasteiger charge is -2.14. The molecule has 0 amide bonds. The lowest BCUT2D eigenvalue weighted by atomic mass is 10.0. The van der Waals surface area contributed by atoms with Crippen molar-refractivity contribution in [1.29, 1.82) is 0 Å². The Hall–Kier alpha value is -4.92. The number of pyridine rings is 3. The van der Waals surface area contributed by atoms with Gasteiger partial charge in [-0.3, -0.25) is 19.1 Å². The van der Waals surface area contributed by atoms with Crippen molar-refractivity contribution in [3.05, 3.63) is 117 Å². The van der Waals surface area contributed by atoms with E-state index in [9.17, 15) is 14.0 Å². The molecule has 0 aliphatic carbocycles. The second-order valence-corrected chi connectivity index (χ2v) is 8.98. The molecule has 9 heteroatoms. The summed E-state index contributed by atoms with van der Waals surface area (Å²) in [5.74, 6) is -0.790. The van der Waals surface area contributed by atoms with Crippen LogP contribution in [0.5, 0.6) is 17.2 Å². The number of benzene rings is 2. The van der Waals surface area contributed by atoms with Crippen LogP contribution in [0.15, 0.2) is 77.9 Å². The zero-order valence-corrected chi connectivity index (χ0v) is 21.4. The highest BCUT2D eigenvalue weighted by Gasteiger charge is 2.18. The number of Topliss-reactive ketones (excluding diaryl/α,β-unsaturated/α-hetero) is 1. The van der Waals surface area contributed by atoms with E-state index in [1.807, 2.05) is 0 Å². The standard InChI is InChI=1S/C30H23F2N3O4/c1-17-12-20(31)6-8-25(17)35-18(2)4-7-22(30(35)37)26(36)14-19-5-9-27(23(32)13-19)39-28-10-11-33-24-15-21(38-3)16-34-29(24)28/h4-13,15-16H,14H2,1-3H3. The third kappa shape index (κ3) is 5.11. The zero-order chi connectivity index (χ0) is 27.7. The fraction of sp³-hybridized carbons (Fsp3) is 0.133. The first-order chi connectivity index (χ1) is 18.7. The number of aryl methyl sites for hydroxylation is 2. The number of hydrogen-bond acceptors (Lipinski definition) is 6. The van der Waals surface area contributed by atoms with E-state index in [1.54, 1.807) is 38.1 Å². The molecule has 0 aliphatic heterocycles. The number of aromatic nitrogens is 3. The van der Waals surface area contributed by atoms with Crippen molar-refractivity contribution in [1.82, 2.24) is 14.5 Å². The maximum absolute atomic E-state index is 15.0. The molecule has 0 atom stereocenters. The average Bonchev–Trinajstić information content (AvgIpc) is 2.91. The van der Waals surface area contributed by atoms with Gasteiger partial charge in [0.1, 0.15) is 17.1 Å². The Kier molecular flexibility index (Phi) is 6.89. The minimum Gasteiger partial charge on any atom is -0.495 e. The summed E-state index contributed by atoms with van der Waals surface area (Å²) in [7, 11) is 1.52. The molecule has 3 heterocycles. The molecule has 7 nitrogen and oxygen atoms in total. The van der Waals surface area contributed by atoms with Gasteiger partial charge in [-0.15, -0.1) is 0 Å². The largest absolute Gasteiger partial charge is 0.495 e. The minimum absolute atomic E-state index is 0.0465. The monoisotopic (exact) mass is 527 g/mol. The molecule has 5 aromatic rings. The van der Waals surface area contributed by atoms with Gasteiger partial charge in [-0.2, -0.15) is 0 Å². The van der Waals surface area contributed by atoms with Gasteiger partial charge >= 0.3 is 0 Å². The summed E-state index contributed by atoms with van der Waals surface area (Å²) in [4.78, 5) is 34.9. The van der Waals surface area contributed by atoms with E-state index >= 15 is 4.39 Å². The predicted molar refractivity (Wildman–Crippen MR) is 142 cm³/mol. The van der Waals surface area contributed by atoms with Gasteiger partial charge in [-0.25, -0.2) is 13.8 Å². The number of methoxy groups -OCH3 is 1. The van der Waals surface area contributed by atoms with Crippen LogP contribution in [0.1, 0.15) is 27.2 Å². The summed E-state index contributed by atoms with van der Waals surface area (Å²) in [6, 6.07) is 14.6. The van der Waals surface area contributed by atoms with Crippen LogP contribution in [-0.4, -0.2) is 27.4 Å². The molecule has 0 spiro atoms. The summed E-state index contributed by atoms with van der Waals surface area (Å²) >= 11 is 0. The van der Waals surface area contributed by atoms with E-state index < -0.39 is 23.0 Å². The van der Waals surface area contributed by atoms with Crippen LogP contribution in [0.2, 0.25) is 0 Å². The van der Waals surface area contributed by atoms with E-state index in [-0.39, 0.29) is 17.7 Å². The van der Waals surface area contributed by atoms with Gasteiger partial charge in [0, 0.05) is 30.4 Å². The lowest BCUT2D eigenvalue weighted by Crippen LogP contribution is -2.27. The number of nitrogens with zero attached hydrogens (tertiary/aromatic N) is 3. The van der Waals surface area contributed by atoms with Crippen LogP contribution in [0.25, 0.3) is 16.7 Å². The maximum atomic E-state index is 15.0. The molecule has 3 aromatic heterocycles. The summed E-state index contributed by atoms with van der Waals surface area (Å²) in [5.41, 5.74) is 2.39. The van der Waals surface area contributed by atoms with E-state index in [0.717, 1.165) is 0 Å². The Morgan fingerprint density at radius 1 is 0.949 bits per heavy atom. The molecule has 5 rings (SSSR count). The van der Waals surface area contributed by atoms with Crippen LogP contribution in [0.3, 0.4) is 0 Å². The predicted octanol–water partition coefficient (Wildman–Crippen LogP) is 5.90. The molecular weight excluding hydrogens is 504 g/mol. The van der Waals surface area contributed by atoms with Gasteiger partial charge in [0.05, 0.1) is 30.1 Å². The van der Waals surface area contributed by atoms with E-state index in [1.165, 1.54) is 60.5 Å². The number of hydrogen-bond donors (Lipinski definition) is 0.